The molecule has 0 aliphatic carbocycles. The predicted octanol–water partition coefficient (Wildman–Crippen LogP) is 1.03. The van der Waals surface area contributed by atoms with Gasteiger partial charge in [0, 0.05) is 24.4 Å². The standard InChI is InChI=1S/C8H17NOS/c1-7(8(2)11)9-3-5-10-6-4-9/h7-8,11H,3-6H2,1-2H3/t7-,8?/m1/s1. The number of ether oxygens (including phenoxy) is 1. The molecule has 1 aliphatic heterocycles. The minimum Gasteiger partial charge on any atom is -0.379 e. The van der Waals surface area contributed by atoms with Gasteiger partial charge in [-0.3, -0.25) is 4.90 Å². The van der Waals surface area contributed by atoms with Gasteiger partial charge in [-0.2, -0.15) is 12.6 Å². The highest BCUT2D eigenvalue weighted by molar-refractivity contribution is 7.81. The second kappa shape index (κ2) is 4.33. The van der Waals surface area contributed by atoms with Crippen LogP contribution in [0.25, 0.3) is 0 Å². The number of hydrogen-bond acceptors (Lipinski definition) is 3. The SMILES string of the molecule is CC(S)[C@@H](C)N1CCOCC1. The van der Waals surface area contributed by atoms with Crippen molar-refractivity contribution in [1.29, 1.82) is 0 Å². The summed E-state index contributed by atoms with van der Waals surface area (Å²) in [6.07, 6.45) is 0. The van der Waals surface area contributed by atoms with Crippen molar-refractivity contribution in [1.82, 2.24) is 4.90 Å². The molecule has 1 aliphatic rings. The predicted molar refractivity (Wildman–Crippen MR) is 50.3 cm³/mol. The molecule has 1 rings (SSSR count). The summed E-state index contributed by atoms with van der Waals surface area (Å²) in [7, 11) is 0. The lowest BCUT2D eigenvalue weighted by Crippen LogP contribution is -2.45. The van der Waals surface area contributed by atoms with Crippen molar-refractivity contribution in [3.05, 3.63) is 0 Å². The maximum atomic E-state index is 5.26. The molecule has 0 amide bonds. The van der Waals surface area contributed by atoms with E-state index in [4.69, 9.17) is 4.74 Å². The Labute approximate surface area is 74.3 Å². The molecule has 0 radical (unpaired) electrons. The zero-order valence-corrected chi connectivity index (χ0v) is 8.18. The van der Waals surface area contributed by atoms with E-state index in [0.29, 0.717) is 11.3 Å². The van der Waals surface area contributed by atoms with Crippen LogP contribution >= 0.6 is 12.6 Å². The van der Waals surface area contributed by atoms with E-state index in [0.717, 1.165) is 26.3 Å². The first-order valence-electron chi connectivity index (χ1n) is 4.21. The zero-order chi connectivity index (χ0) is 8.27. The van der Waals surface area contributed by atoms with E-state index < -0.39 is 0 Å². The first-order chi connectivity index (χ1) is 5.22. The highest BCUT2D eigenvalue weighted by atomic mass is 32.1. The van der Waals surface area contributed by atoms with E-state index >= 15 is 0 Å². The first kappa shape index (κ1) is 9.36. The highest BCUT2D eigenvalue weighted by Crippen LogP contribution is 2.10. The van der Waals surface area contributed by atoms with E-state index in [1.165, 1.54) is 0 Å². The third-order valence-corrected chi connectivity index (χ3v) is 2.75. The summed E-state index contributed by atoms with van der Waals surface area (Å²) >= 11 is 4.42. The quantitative estimate of drug-likeness (QED) is 0.629. The molecular weight excluding hydrogens is 158 g/mol. The number of rotatable bonds is 2. The van der Waals surface area contributed by atoms with Crippen LogP contribution in [0.1, 0.15) is 13.8 Å². The Bertz CT molecular complexity index is 113. The molecule has 11 heavy (non-hydrogen) atoms. The fraction of sp³-hybridized carbons (Fsp3) is 1.00. The van der Waals surface area contributed by atoms with E-state index in [2.05, 4.69) is 31.4 Å². The molecule has 1 fully saturated rings. The maximum absolute atomic E-state index is 5.26. The van der Waals surface area contributed by atoms with Crippen molar-refractivity contribution in [2.45, 2.75) is 25.1 Å². The second-order valence-electron chi connectivity index (χ2n) is 3.13. The van der Waals surface area contributed by atoms with Gasteiger partial charge in [0.05, 0.1) is 13.2 Å². The lowest BCUT2D eigenvalue weighted by Gasteiger charge is -2.33. The van der Waals surface area contributed by atoms with Crippen LogP contribution in [0, 0.1) is 0 Å². The molecule has 0 N–H and O–H groups in total. The summed E-state index contributed by atoms with van der Waals surface area (Å²) in [6.45, 7) is 8.25. The Hall–Kier alpha value is 0.270. The number of thiol groups is 1. The fourth-order valence-electron chi connectivity index (χ4n) is 1.29. The highest BCUT2D eigenvalue weighted by Gasteiger charge is 2.19. The molecule has 2 atom stereocenters. The van der Waals surface area contributed by atoms with Gasteiger partial charge in [0.25, 0.3) is 0 Å². The average Bonchev–Trinajstić information content (AvgIpc) is 2.05. The van der Waals surface area contributed by atoms with Crippen molar-refractivity contribution >= 4 is 12.6 Å². The van der Waals surface area contributed by atoms with E-state index in [9.17, 15) is 0 Å². The normalized spacial score (nSPS) is 26.5. The molecule has 2 nitrogen and oxygen atoms in total. The maximum Gasteiger partial charge on any atom is 0.0594 e. The van der Waals surface area contributed by atoms with Gasteiger partial charge in [-0.05, 0) is 6.92 Å². The van der Waals surface area contributed by atoms with Gasteiger partial charge in [0.1, 0.15) is 0 Å². The zero-order valence-electron chi connectivity index (χ0n) is 7.29. The summed E-state index contributed by atoms with van der Waals surface area (Å²) in [5.74, 6) is 0. The van der Waals surface area contributed by atoms with Crippen molar-refractivity contribution in [2.75, 3.05) is 26.3 Å². The van der Waals surface area contributed by atoms with Crippen molar-refractivity contribution in [3.63, 3.8) is 0 Å². The van der Waals surface area contributed by atoms with Crippen LogP contribution in [0.15, 0.2) is 0 Å². The number of hydrogen-bond donors (Lipinski definition) is 1. The smallest absolute Gasteiger partial charge is 0.0594 e. The molecule has 0 aromatic carbocycles. The lowest BCUT2D eigenvalue weighted by molar-refractivity contribution is 0.0208. The third-order valence-electron chi connectivity index (χ3n) is 2.32. The van der Waals surface area contributed by atoms with Crippen molar-refractivity contribution < 1.29 is 4.74 Å². The van der Waals surface area contributed by atoms with E-state index in [1.807, 2.05) is 0 Å². The molecule has 1 heterocycles. The number of nitrogens with zero attached hydrogens (tertiary/aromatic N) is 1. The molecule has 0 aromatic rings. The average molecular weight is 175 g/mol. The summed E-state index contributed by atoms with van der Waals surface area (Å²) < 4.78 is 5.26. The lowest BCUT2D eigenvalue weighted by atomic mass is 10.2. The fourth-order valence-corrected chi connectivity index (χ4v) is 1.48. The molecule has 0 saturated carbocycles. The van der Waals surface area contributed by atoms with Gasteiger partial charge in [-0.1, -0.05) is 6.92 Å². The van der Waals surface area contributed by atoms with Gasteiger partial charge in [0.15, 0.2) is 0 Å². The van der Waals surface area contributed by atoms with Crippen molar-refractivity contribution in [2.24, 2.45) is 0 Å². The molecule has 0 spiro atoms. The Morgan fingerprint density at radius 1 is 1.27 bits per heavy atom. The van der Waals surface area contributed by atoms with Crippen LogP contribution in [-0.4, -0.2) is 42.5 Å². The molecule has 0 aromatic heterocycles. The van der Waals surface area contributed by atoms with E-state index in [1.54, 1.807) is 0 Å². The Morgan fingerprint density at radius 3 is 2.27 bits per heavy atom. The second-order valence-corrected chi connectivity index (χ2v) is 3.94. The molecule has 0 bridgehead atoms. The van der Waals surface area contributed by atoms with Gasteiger partial charge in [-0.25, -0.2) is 0 Å². The summed E-state index contributed by atoms with van der Waals surface area (Å²) in [5.41, 5.74) is 0. The topological polar surface area (TPSA) is 12.5 Å². The van der Waals surface area contributed by atoms with Crippen LogP contribution in [0.3, 0.4) is 0 Å². The van der Waals surface area contributed by atoms with E-state index in [-0.39, 0.29) is 0 Å². The summed E-state index contributed by atoms with van der Waals surface area (Å²) in [6, 6.07) is 0.572. The molecule has 66 valence electrons. The Kier molecular flexibility index (Phi) is 3.69. The van der Waals surface area contributed by atoms with Crippen LogP contribution in [0.2, 0.25) is 0 Å². The largest absolute Gasteiger partial charge is 0.379 e. The van der Waals surface area contributed by atoms with Crippen LogP contribution in [0.5, 0.6) is 0 Å². The molecular formula is C8H17NOS. The van der Waals surface area contributed by atoms with Gasteiger partial charge in [-0.15, -0.1) is 0 Å². The van der Waals surface area contributed by atoms with Gasteiger partial charge in [0.2, 0.25) is 0 Å². The molecule has 1 saturated heterocycles. The molecule has 1 unspecified atom stereocenters. The Balaban J connectivity index is 2.32. The van der Waals surface area contributed by atoms with Gasteiger partial charge < -0.3 is 4.74 Å². The van der Waals surface area contributed by atoms with Gasteiger partial charge >= 0.3 is 0 Å². The van der Waals surface area contributed by atoms with Crippen LogP contribution < -0.4 is 0 Å². The van der Waals surface area contributed by atoms with Crippen LogP contribution in [0.4, 0.5) is 0 Å². The summed E-state index contributed by atoms with van der Waals surface area (Å²) in [5, 5.41) is 0.452. The Morgan fingerprint density at radius 2 is 1.82 bits per heavy atom. The third kappa shape index (κ3) is 2.65. The summed E-state index contributed by atoms with van der Waals surface area (Å²) in [4.78, 5) is 2.43. The molecule has 3 heteroatoms. The van der Waals surface area contributed by atoms with Crippen molar-refractivity contribution in [3.8, 4) is 0 Å². The number of morpholine rings is 1. The minimum atomic E-state index is 0.452. The monoisotopic (exact) mass is 175 g/mol. The van der Waals surface area contributed by atoms with Crippen LogP contribution in [-0.2, 0) is 4.74 Å². The first-order valence-corrected chi connectivity index (χ1v) is 4.73. The minimum absolute atomic E-state index is 0.452.